The van der Waals surface area contributed by atoms with Crippen LogP contribution in [0, 0.1) is 5.92 Å². The predicted molar refractivity (Wildman–Crippen MR) is 75.9 cm³/mol. The highest BCUT2D eigenvalue weighted by Crippen LogP contribution is 2.32. The monoisotopic (exact) mass is 254 g/mol. The van der Waals surface area contributed by atoms with Gasteiger partial charge in [-0.1, -0.05) is 20.8 Å². The molecule has 0 aromatic heterocycles. The Bertz CT molecular complexity index is 239. The molecule has 3 heteroatoms. The molecule has 3 unspecified atom stereocenters. The van der Waals surface area contributed by atoms with Gasteiger partial charge in [-0.3, -0.25) is 4.90 Å². The first kappa shape index (κ1) is 14.3. The molecule has 0 radical (unpaired) electrons. The second-order valence-electron chi connectivity index (χ2n) is 6.19. The lowest BCUT2D eigenvalue weighted by atomic mass is 9.78. The maximum absolute atomic E-state index is 5.78. The van der Waals surface area contributed by atoms with Crippen LogP contribution >= 0.6 is 0 Å². The standard InChI is InChI=1S/C15H30N2O/c1-4-17(11-14-6-5-9-18-14)15-8-7-13(15)10-16-12(2)3/h12-16H,4-11H2,1-3H3. The Morgan fingerprint density at radius 3 is 2.61 bits per heavy atom. The van der Waals surface area contributed by atoms with Crippen LogP contribution in [0.5, 0.6) is 0 Å². The number of ether oxygens (including phenoxy) is 1. The molecule has 1 saturated carbocycles. The summed E-state index contributed by atoms with van der Waals surface area (Å²) in [7, 11) is 0. The zero-order valence-electron chi connectivity index (χ0n) is 12.3. The lowest BCUT2D eigenvalue weighted by Crippen LogP contribution is -2.52. The van der Waals surface area contributed by atoms with Crippen molar-refractivity contribution in [3.63, 3.8) is 0 Å². The molecule has 0 aromatic carbocycles. The summed E-state index contributed by atoms with van der Waals surface area (Å²) in [6.45, 7) is 11.2. The summed E-state index contributed by atoms with van der Waals surface area (Å²) < 4.78 is 5.78. The summed E-state index contributed by atoms with van der Waals surface area (Å²) in [4.78, 5) is 2.66. The van der Waals surface area contributed by atoms with Crippen molar-refractivity contribution in [1.82, 2.24) is 10.2 Å². The van der Waals surface area contributed by atoms with Crippen LogP contribution in [0.1, 0.15) is 46.5 Å². The summed E-state index contributed by atoms with van der Waals surface area (Å²) >= 11 is 0. The molecule has 1 aliphatic heterocycles. The van der Waals surface area contributed by atoms with E-state index in [0.29, 0.717) is 12.1 Å². The largest absolute Gasteiger partial charge is 0.377 e. The molecular weight excluding hydrogens is 224 g/mol. The van der Waals surface area contributed by atoms with Gasteiger partial charge >= 0.3 is 0 Å². The van der Waals surface area contributed by atoms with Crippen molar-refractivity contribution in [1.29, 1.82) is 0 Å². The molecule has 2 aliphatic rings. The van der Waals surface area contributed by atoms with E-state index in [-0.39, 0.29) is 0 Å². The second-order valence-corrected chi connectivity index (χ2v) is 6.19. The normalized spacial score (nSPS) is 32.2. The Balaban J connectivity index is 1.76. The van der Waals surface area contributed by atoms with E-state index in [0.717, 1.165) is 25.1 Å². The average Bonchev–Trinajstić information content (AvgIpc) is 2.79. The molecular formula is C15H30N2O. The SMILES string of the molecule is CCN(CC1CCCO1)C1CCC1CNC(C)C. The van der Waals surface area contributed by atoms with Gasteiger partial charge in [-0.05, 0) is 44.7 Å². The fourth-order valence-corrected chi connectivity index (χ4v) is 3.21. The average molecular weight is 254 g/mol. The Labute approximate surface area is 112 Å². The topological polar surface area (TPSA) is 24.5 Å². The Morgan fingerprint density at radius 2 is 2.11 bits per heavy atom. The Hall–Kier alpha value is -0.120. The molecule has 0 bridgehead atoms. The maximum atomic E-state index is 5.78. The van der Waals surface area contributed by atoms with E-state index in [1.807, 2.05) is 0 Å². The third kappa shape index (κ3) is 3.69. The molecule has 2 rings (SSSR count). The zero-order chi connectivity index (χ0) is 13.0. The molecule has 1 aliphatic carbocycles. The Morgan fingerprint density at radius 1 is 1.28 bits per heavy atom. The molecule has 3 atom stereocenters. The van der Waals surface area contributed by atoms with E-state index in [1.54, 1.807) is 0 Å². The highest BCUT2D eigenvalue weighted by molar-refractivity contribution is 4.91. The van der Waals surface area contributed by atoms with Gasteiger partial charge in [-0.15, -0.1) is 0 Å². The van der Waals surface area contributed by atoms with Crippen molar-refractivity contribution in [3.8, 4) is 0 Å². The molecule has 1 N–H and O–H groups in total. The van der Waals surface area contributed by atoms with Gasteiger partial charge in [0.1, 0.15) is 0 Å². The van der Waals surface area contributed by atoms with Crippen LogP contribution in [-0.4, -0.2) is 49.3 Å². The summed E-state index contributed by atoms with van der Waals surface area (Å²) in [5.74, 6) is 0.855. The van der Waals surface area contributed by atoms with Crippen molar-refractivity contribution in [2.24, 2.45) is 5.92 Å². The van der Waals surface area contributed by atoms with Gasteiger partial charge < -0.3 is 10.1 Å². The highest BCUT2D eigenvalue weighted by Gasteiger charge is 2.35. The van der Waals surface area contributed by atoms with E-state index >= 15 is 0 Å². The molecule has 1 heterocycles. The number of nitrogens with zero attached hydrogens (tertiary/aromatic N) is 1. The molecule has 18 heavy (non-hydrogen) atoms. The Kier molecular flexibility index (Phi) is 5.46. The third-order valence-electron chi connectivity index (χ3n) is 4.50. The number of hydrogen-bond donors (Lipinski definition) is 1. The third-order valence-corrected chi connectivity index (χ3v) is 4.50. The van der Waals surface area contributed by atoms with E-state index in [4.69, 9.17) is 4.74 Å². The van der Waals surface area contributed by atoms with Crippen LogP contribution < -0.4 is 5.32 Å². The summed E-state index contributed by atoms with van der Waals surface area (Å²) in [6, 6.07) is 1.41. The van der Waals surface area contributed by atoms with Crippen LogP contribution in [0.3, 0.4) is 0 Å². The van der Waals surface area contributed by atoms with Crippen molar-refractivity contribution in [3.05, 3.63) is 0 Å². The van der Waals surface area contributed by atoms with Crippen LogP contribution in [0.15, 0.2) is 0 Å². The van der Waals surface area contributed by atoms with E-state index < -0.39 is 0 Å². The van der Waals surface area contributed by atoms with Gasteiger partial charge in [0.15, 0.2) is 0 Å². The molecule has 1 saturated heterocycles. The van der Waals surface area contributed by atoms with Crippen molar-refractivity contribution >= 4 is 0 Å². The van der Waals surface area contributed by atoms with Gasteiger partial charge in [-0.2, -0.15) is 0 Å². The van der Waals surface area contributed by atoms with Crippen LogP contribution in [0.2, 0.25) is 0 Å². The van der Waals surface area contributed by atoms with Gasteiger partial charge in [0.05, 0.1) is 6.10 Å². The summed E-state index contributed by atoms with van der Waals surface area (Å²) in [6.07, 6.45) is 5.80. The first-order chi connectivity index (χ1) is 8.70. The molecule has 0 amide bonds. The smallest absolute Gasteiger partial charge is 0.0702 e. The predicted octanol–water partition coefficient (Wildman–Crippen LogP) is 2.26. The minimum absolute atomic E-state index is 0.504. The highest BCUT2D eigenvalue weighted by atomic mass is 16.5. The van der Waals surface area contributed by atoms with E-state index in [9.17, 15) is 0 Å². The summed E-state index contributed by atoms with van der Waals surface area (Å²) in [5.41, 5.74) is 0. The van der Waals surface area contributed by atoms with Gasteiger partial charge in [-0.25, -0.2) is 0 Å². The molecule has 2 fully saturated rings. The van der Waals surface area contributed by atoms with E-state index in [2.05, 4.69) is 31.0 Å². The lowest BCUT2D eigenvalue weighted by molar-refractivity contribution is 0.0133. The number of likely N-dealkylation sites (N-methyl/N-ethyl adjacent to an activating group) is 1. The number of hydrogen-bond acceptors (Lipinski definition) is 3. The first-order valence-electron chi connectivity index (χ1n) is 7.79. The minimum atomic E-state index is 0.504. The molecule has 0 spiro atoms. The summed E-state index contributed by atoms with van der Waals surface area (Å²) in [5, 5.41) is 3.59. The number of rotatable bonds is 7. The minimum Gasteiger partial charge on any atom is -0.377 e. The fourth-order valence-electron chi connectivity index (χ4n) is 3.21. The van der Waals surface area contributed by atoms with E-state index in [1.165, 1.54) is 38.8 Å². The van der Waals surface area contributed by atoms with Gasteiger partial charge in [0.25, 0.3) is 0 Å². The zero-order valence-corrected chi connectivity index (χ0v) is 12.3. The van der Waals surface area contributed by atoms with Crippen LogP contribution in [0.4, 0.5) is 0 Å². The van der Waals surface area contributed by atoms with Gasteiger partial charge in [0.2, 0.25) is 0 Å². The van der Waals surface area contributed by atoms with Crippen molar-refractivity contribution < 1.29 is 4.74 Å². The molecule has 3 nitrogen and oxygen atoms in total. The van der Waals surface area contributed by atoms with Crippen molar-refractivity contribution in [2.75, 3.05) is 26.2 Å². The molecule has 0 aromatic rings. The lowest BCUT2D eigenvalue weighted by Gasteiger charge is -2.45. The van der Waals surface area contributed by atoms with Crippen molar-refractivity contribution in [2.45, 2.75) is 64.6 Å². The first-order valence-corrected chi connectivity index (χ1v) is 7.79. The molecule has 106 valence electrons. The quantitative estimate of drug-likeness (QED) is 0.754. The maximum Gasteiger partial charge on any atom is 0.0702 e. The fraction of sp³-hybridized carbons (Fsp3) is 1.00. The van der Waals surface area contributed by atoms with Crippen LogP contribution in [0.25, 0.3) is 0 Å². The number of nitrogens with one attached hydrogen (secondary N) is 1. The van der Waals surface area contributed by atoms with Gasteiger partial charge in [0, 0.05) is 25.2 Å². The van der Waals surface area contributed by atoms with Crippen LogP contribution in [-0.2, 0) is 4.74 Å². The second kappa shape index (κ2) is 6.88.